The topological polar surface area (TPSA) is 73.4 Å². The molecule has 1 aromatic rings. The second-order valence-electron chi connectivity index (χ2n) is 3.97. The lowest BCUT2D eigenvalue weighted by Crippen LogP contribution is -2.43. The molecule has 0 spiro atoms. The summed E-state index contributed by atoms with van der Waals surface area (Å²) >= 11 is 0. The molecule has 2 heterocycles. The number of amides is 1. The third-order valence-corrected chi connectivity index (χ3v) is 2.74. The zero-order valence-electron chi connectivity index (χ0n) is 8.85. The summed E-state index contributed by atoms with van der Waals surface area (Å²) in [6.07, 6.45) is 3.92. The van der Waals surface area contributed by atoms with E-state index < -0.39 is 6.10 Å². The van der Waals surface area contributed by atoms with Crippen molar-refractivity contribution in [3.05, 3.63) is 34.2 Å². The van der Waals surface area contributed by atoms with E-state index in [1.807, 2.05) is 0 Å². The molecule has 0 radical (unpaired) electrons. The van der Waals surface area contributed by atoms with Gasteiger partial charge in [0.15, 0.2) is 5.43 Å². The minimum atomic E-state index is -0.472. The predicted molar refractivity (Wildman–Crippen MR) is 58.2 cm³/mol. The van der Waals surface area contributed by atoms with Crippen LogP contribution in [0.1, 0.15) is 23.2 Å². The van der Waals surface area contributed by atoms with Gasteiger partial charge in [-0.1, -0.05) is 0 Å². The molecule has 0 aliphatic carbocycles. The number of β-amino-alcohol motifs (C(OH)–C–C–N with tert-alkyl or cyclic N) is 1. The van der Waals surface area contributed by atoms with Crippen LogP contribution >= 0.6 is 0 Å². The highest BCUT2D eigenvalue weighted by Crippen LogP contribution is 2.11. The highest BCUT2D eigenvalue weighted by atomic mass is 16.3. The van der Waals surface area contributed by atoms with E-state index in [4.69, 9.17) is 0 Å². The maximum atomic E-state index is 12.0. The molecule has 2 rings (SSSR count). The lowest BCUT2D eigenvalue weighted by molar-refractivity contribution is 0.0472. The van der Waals surface area contributed by atoms with Crippen molar-refractivity contribution in [2.24, 2.45) is 0 Å². The largest absolute Gasteiger partial charge is 0.391 e. The first-order valence-electron chi connectivity index (χ1n) is 5.33. The molecular weight excluding hydrogens is 208 g/mol. The Morgan fingerprint density at radius 3 is 3.06 bits per heavy atom. The first kappa shape index (κ1) is 10.9. The number of pyridine rings is 1. The Morgan fingerprint density at radius 1 is 1.56 bits per heavy atom. The maximum Gasteiger partial charge on any atom is 0.259 e. The van der Waals surface area contributed by atoms with E-state index in [0.717, 1.165) is 12.8 Å². The van der Waals surface area contributed by atoms with Crippen molar-refractivity contribution in [3.63, 3.8) is 0 Å². The minimum absolute atomic E-state index is 0.136. The Labute approximate surface area is 92.7 Å². The molecule has 5 heteroatoms. The summed E-state index contributed by atoms with van der Waals surface area (Å²) in [5, 5.41) is 9.46. The number of aromatic amines is 1. The number of likely N-dealkylation sites (tertiary alicyclic amines) is 1. The predicted octanol–water partition coefficient (Wildman–Crippen LogP) is -0.0282. The van der Waals surface area contributed by atoms with E-state index in [0.29, 0.717) is 13.1 Å². The first-order valence-corrected chi connectivity index (χ1v) is 5.33. The van der Waals surface area contributed by atoms with Crippen molar-refractivity contribution in [2.75, 3.05) is 13.1 Å². The SMILES string of the molecule is O=C(c1c[nH]ccc1=O)N1CCC[C@H](O)C1. The number of rotatable bonds is 1. The summed E-state index contributed by atoms with van der Waals surface area (Å²) in [5.41, 5.74) is -0.152. The third kappa shape index (κ3) is 2.14. The van der Waals surface area contributed by atoms with Gasteiger partial charge in [0.1, 0.15) is 5.56 Å². The molecule has 86 valence electrons. The molecule has 0 saturated carbocycles. The lowest BCUT2D eigenvalue weighted by atomic mass is 10.1. The van der Waals surface area contributed by atoms with Crippen molar-refractivity contribution < 1.29 is 9.90 Å². The van der Waals surface area contributed by atoms with E-state index in [9.17, 15) is 14.7 Å². The third-order valence-electron chi connectivity index (χ3n) is 2.74. The van der Waals surface area contributed by atoms with Crippen LogP contribution < -0.4 is 5.43 Å². The number of hydrogen-bond acceptors (Lipinski definition) is 3. The van der Waals surface area contributed by atoms with Crippen LogP contribution in [0.4, 0.5) is 0 Å². The first-order chi connectivity index (χ1) is 7.68. The summed E-state index contributed by atoms with van der Waals surface area (Å²) < 4.78 is 0. The second-order valence-corrected chi connectivity index (χ2v) is 3.97. The molecule has 0 aromatic carbocycles. The zero-order valence-corrected chi connectivity index (χ0v) is 8.85. The Hall–Kier alpha value is -1.62. The number of aromatic nitrogens is 1. The Morgan fingerprint density at radius 2 is 2.38 bits per heavy atom. The van der Waals surface area contributed by atoms with E-state index >= 15 is 0 Å². The molecule has 1 aliphatic rings. The number of aliphatic hydroxyl groups excluding tert-OH is 1. The number of hydrogen-bond donors (Lipinski definition) is 2. The van der Waals surface area contributed by atoms with Gasteiger partial charge in [0, 0.05) is 31.5 Å². The molecular formula is C11H14N2O3. The smallest absolute Gasteiger partial charge is 0.259 e. The average Bonchev–Trinajstić information content (AvgIpc) is 2.29. The molecule has 1 atom stereocenters. The molecule has 1 saturated heterocycles. The quantitative estimate of drug-likeness (QED) is 0.701. The zero-order chi connectivity index (χ0) is 11.5. The fourth-order valence-corrected chi connectivity index (χ4v) is 1.89. The number of nitrogens with one attached hydrogen (secondary N) is 1. The van der Waals surface area contributed by atoms with Gasteiger partial charge in [-0.2, -0.15) is 0 Å². The van der Waals surface area contributed by atoms with E-state index in [1.165, 1.54) is 23.4 Å². The number of H-pyrrole nitrogens is 1. The van der Waals surface area contributed by atoms with Crippen LogP contribution in [0, 0.1) is 0 Å². The van der Waals surface area contributed by atoms with E-state index in [-0.39, 0.29) is 16.9 Å². The standard InChI is InChI=1S/C11H14N2O3/c14-8-2-1-5-13(7-8)11(16)9-6-12-4-3-10(9)15/h3-4,6,8,14H,1-2,5,7H2,(H,12,15)/t8-/m0/s1. The van der Waals surface area contributed by atoms with Crippen molar-refractivity contribution in [2.45, 2.75) is 18.9 Å². The number of piperidine rings is 1. The molecule has 1 aromatic heterocycles. The second kappa shape index (κ2) is 4.49. The Kier molecular flexibility index (Phi) is 3.05. The minimum Gasteiger partial charge on any atom is -0.391 e. The van der Waals surface area contributed by atoms with Crippen LogP contribution in [0.3, 0.4) is 0 Å². The van der Waals surface area contributed by atoms with Gasteiger partial charge in [-0.25, -0.2) is 0 Å². The monoisotopic (exact) mass is 222 g/mol. The fraction of sp³-hybridized carbons (Fsp3) is 0.455. The van der Waals surface area contributed by atoms with Crippen molar-refractivity contribution >= 4 is 5.91 Å². The summed E-state index contributed by atoms with van der Waals surface area (Å²) in [7, 11) is 0. The van der Waals surface area contributed by atoms with Gasteiger partial charge in [-0.3, -0.25) is 9.59 Å². The van der Waals surface area contributed by atoms with Crippen molar-refractivity contribution in [1.29, 1.82) is 0 Å². The van der Waals surface area contributed by atoms with E-state index in [2.05, 4.69) is 4.98 Å². The highest BCUT2D eigenvalue weighted by molar-refractivity contribution is 5.93. The summed E-state index contributed by atoms with van der Waals surface area (Å²) in [6.45, 7) is 0.914. The Bertz CT molecular complexity index is 441. The number of carbonyl (C=O) groups excluding carboxylic acids is 1. The molecule has 0 bridgehead atoms. The van der Waals surface area contributed by atoms with Crippen LogP contribution in [0.25, 0.3) is 0 Å². The summed E-state index contributed by atoms with van der Waals surface area (Å²) in [4.78, 5) is 27.7. The fourth-order valence-electron chi connectivity index (χ4n) is 1.89. The van der Waals surface area contributed by atoms with Gasteiger partial charge >= 0.3 is 0 Å². The van der Waals surface area contributed by atoms with Gasteiger partial charge in [-0.15, -0.1) is 0 Å². The number of carbonyl (C=O) groups is 1. The maximum absolute atomic E-state index is 12.0. The summed E-state index contributed by atoms with van der Waals surface area (Å²) in [6, 6.07) is 1.33. The number of nitrogens with zero attached hydrogens (tertiary/aromatic N) is 1. The van der Waals surface area contributed by atoms with Gasteiger partial charge in [0.05, 0.1) is 6.10 Å². The van der Waals surface area contributed by atoms with Crippen molar-refractivity contribution in [3.8, 4) is 0 Å². The Balaban J connectivity index is 2.19. The molecule has 1 fully saturated rings. The van der Waals surface area contributed by atoms with Gasteiger partial charge in [0.25, 0.3) is 5.91 Å². The van der Waals surface area contributed by atoms with Crippen LogP contribution in [-0.2, 0) is 0 Å². The van der Waals surface area contributed by atoms with Crippen LogP contribution in [0.2, 0.25) is 0 Å². The average molecular weight is 222 g/mol. The highest BCUT2D eigenvalue weighted by Gasteiger charge is 2.24. The van der Waals surface area contributed by atoms with Gasteiger partial charge < -0.3 is 15.0 Å². The van der Waals surface area contributed by atoms with E-state index in [1.54, 1.807) is 0 Å². The molecule has 1 aliphatic heterocycles. The number of aliphatic hydroxyl groups is 1. The molecule has 5 nitrogen and oxygen atoms in total. The summed E-state index contributed by atoms with van der Waals surface area (Å²) in [5.74, 6) is -0.305. The normalized spacial score (nSPS) is 20.8. The van der Waals surface area contributed by atoms with Crippen molar-refractivity contribution in [1.82, 2.24) is 9.88 Å². The molecule has 0 unspecified atom stereocenters. The molecule has 16 heavy (non-hydrogen) atoms. The molecule has 2 N–H and O–H groups in total. The van der Waals surface area contributed by atoms with Crippen LogP contribution in [-0.4, -0.2) is 40.1 Å². The van der Waals surface area contributed by atoms with Crippen LogP contribution in [0.5, 0.6) is 0 Å². The van der Waals surface area contributed by atoms with Crippen LogP contribution in [0.15, 0.2) is 23.3 Å². The van der Waals surface area contributed by atoms with Gasteiger partial charge in [0.2, 0.25) is 0 Å². The van der Waals surface area contributed by atoms with Gasteiger partial charge in [-0.05, 0) is 12.8 Å². The molecule has 1 amide bonds. The lowest BCUT2D eigenvalue weighted by Gasteiger charge is -2.29.